The third kappa shape index (κ3) is 3.33. The number of carbonyl (C=O) groups is 2. The SMILES string of the molecule is CCc1sc(C(=O)N2CCC(n3ncc(C(=O)O)c3C)CC2)cc1C. The van der Waals surface area contributed by atoms with Crippen molar-refractivity contribution in [2.75, 3.05) is 13.1 Å². The van der Waals surface area contributed by atoms with Gasteiger partial charge in [-0.05, 0) is 44.7 Å². The van der Waals surface area contributed by atoms with Crippen molar-refractivity contribution in [1.29, 1.82) is 0 Å². The summed E-state index contributed by atoms with van der Waals surface area (Å²) in [7, 11) is 0. The van der Waals surface area contributed by atoms with Crippen molar-refractivity contribution < 1.29 is 14.7 Å². The number of nitrogens with zero attached hydrogens (tertiary/aromatic N) is 3. The smallest absolute Gasteiger partial charge is 0.339 e. The maximum atomic E-state index is 12.7. The molecule has 0 bridgehead atoms. The average molecular weight is 361 g/mol. The fourth-order valence-corrected chi connectivity index (χ4v) is 4.53. The van der Waals surface area contributed by atoms with Crippen LogP contribution in [-0.2, 0) is 6.42 Å². The van der Waals surface area contributed by atoms with Crippen LogP contribution in [0.3, 0.4) is 0 Å². The number of hydrogen-bond acceptors (Lipinski definition) is 4. The molecule has 2 aromatic heterocycles. The standard InChI is InChI=1S/C18H23N3O3S/c1-4-15-11(2)9-16(25-15)17(22)20-7-5-13(6-8-20)21-12(3)14(10-19-21)18(23)24/h9-10,13H,4-8H2,1-3H3,(H,23,24). The lowest BCUT2D eigenvalue weighted by molar-refractivity contribution is 0.0691. The van der Waals surface area contributed by atoms with E-state index in [1.165, 1.54) is 16.6 Å². The summed E-state index contributed by atoms with van der Waals surface area (Å²) in [5.41, 5.74) is 2.12. The van der Waals surface area contributed by atoms with E-state index in [0.29, 0.717) is 18.8 Å². The fourth-order valence-electron chi connectivity index (χ4n) is 3.45. The minimum absolute atomic E-state index is 0.106. The zero-order valence-corrected chi connectivity index (χ0v) is 15.6. The molecule has 0 unspecified atom stereocenters. The summed E-state index contributed by atoms with van der Waals surface area (Å²) in [4.78, 5) is 27.9. The van der Waals surface area contributed by atoms with Crippen LogP contribution in [0, 0.1) is 13.8 Å². The molecule has 0 aliphatic carbocycles. The highest BCUT2D eigenvalue weighted by atomic mass is 32.1. The summed E-state index contributed by atoms with van der Waals surface area (Å²) < 4.78 is 1.80. The number of carboxylic acid groups (broad SMARTS) is 1. The van der Waals surface area contributed by atoms with Crippen LogP contribution in [0.5, 0.6) is 0 Å². The lowest BCUT2D eigenvalue weighted by Gasteiger charge is -2.32. The van der Waals surface area contributed by atoms with Gasteiger partial charge < -0.3 is 10.0 Å². The lowest BCUT2D eigenvalue weighted by Crippen LogP contribution is -2.39. The molecule has 3 rings (SSSR count). The van der Waals surface area contributed by atoms with Gasteiger partial charge in [-0.25, -0.2) is 4.79 Å². The summed E-state index contributed by atoms with van der Waals surface area (Å²) in [6, 6.07) is 2.14. The highest BCUT2D eigenvalue weighted by molar-refractivity contribution is 7.14. The second-order valence-electron chi connectivity index (χ2n) is 6.49. The van der Waals surface area contributed by atoms with Crippen molar-refractivity contribution >= 4 is 23.2 Å². The molecule has 25 heavy (non-hydrogen) atoms. The summed E-state index contributed by atoms with van der Waals surface area (Å²) in [5, 5.41) is 13.4. The molecular weight excluding hydrogens is 338 g/mol. The van der Waals surface area contributed by atoms with Gasteiger partial charge in [0.15, 0.2) is 0 Å². The van der Waals surface area contributed by atoms with E-state index in [2.05, 4.69) is 18.9 Å². The summed E-state index contributed by atoms with van der Waals surface area (Å²) in [5.74, 6) is -0.842. The third-order valence-electron chi connectivity index (χ3n) is 4.93. The molecule has 134 valence electrons. The van der Waals surface area contributed by atoms with Crippen molar-refractivity contribution in [3.8, 4) is 0 Å². The van der Waals surface area contributed by atoms with E-state index in [4.69, 9.17) is 5.11 Å². The number of carboxylic acids is 1. The molecule has 1 fully saturated rings. The third-order valence-corrected chi connectivity index (χ3v) is 6.29. The van der Waals surface area contributed by atoms with Gasteiger partial charge in [-0.15, -0.1) is 11.3 Å². The van der Waals surface area contributed by atoms with E-state index < -0.39 is 5.97 Å². The zero-order chi connectivity index (χ0) is 18.1. The van der Waals surface area contributed by atoms with Crippen molar-refractivity contribution in [2.45, 2.75) is 46.1 Å². The van der Waals surface area contributed by atoms with Crippen LogP contribution in [0.15, 0.2) is 12.3 Å². The molecule has 1 N–H and O–H groups in total. The minimum Gasteiger partial charge on any atom is -0.478 e. The largest absolute Gasteiger partial charge is 0.478 e. The van der Waals surface area contributed by atoms with Gasteiger partial charge in [0.1, 0.15) is 5.56 Å². The van der Waals surface area contributed by atoms with Crippen LogP contribution in [0.25, 0.3) is 0 Å². The molecule has 0 aromatic carbocycles. The summed E-state index contributed by atoms with van der Waals surface area (Å²) in [6.45, 7) is 7.29. The Morgan fingerprint density at radius 1 is 1.32 bits per heavy atom. The van der Waals surface area contributed by atoms with Crippen LogP contribution in [0.2, 0.25) is 0 Å². The van der Waals surface area contributed by atoms with E-state index in [0.717, 1.165) is 24.1 Å². The van der Waals surface area contributed by atoms with Gasteiger partial charge in [0.25, 0.3) is 5.91 Å². The lowest BCUT2D eigenvalue weighted by atomic mass is 10.0. The molecule has 1 saturated heterocycles. The van der Waals surface area contributed by atoms with Crippen LogP contribution in [0.1, 0.15) is 62.0 Å². The minimum atomic E-state index is -0.948. The van der Waals surface area contributed by atoms with E-state index in [1.807, 2.05) is 11.0 Å². The molecule has 0 spiro atoms. The first-order chi connectivity index (χ1) is 11.9. The molecule has 0 saturated carbocycles. The number of aryl methyl sites for hydroxylation is 2. The number of likely N-dealkylation sites (tertiary alicyclic amines) is 1. The van der Waals surface area contributed by atoms with E-state index in [9.17, 15) is 9.59 Å². The molecule has 0 atom stereocenters. The van der Waals surface area contributed by atoms with E-state index >= 15 is 0 Å². The van der Waals surface area contributed by atoms with Crippen molar-refractivity contribution in [3.05, 3.63) is 38.8 Å². The molecule has 1 aliphatic rings. The number of amides is 1. The number of aromatic nitrogens is 2. The molecular formula is C18H23N3O3S. The molecule has 2 aromatic rings. The van der Waals surface area contributed by atoms with Gasteiger partial charge in [-0.3, -0.25) is 9.48 Å². The normalized spacial score (nSPS) is 15.6. The molecule has 0 radical (unpaired) electrons. The topological polar surface area (TPSA) is 75.4 Å². The van der Waals surface area contributed by atoms with Crippen LogP contribution >= 0.6 is 11.3 Å². The van der Waals surface area contributed by atoms with E-state index in [1.54, 1.807) is 22.9 Å². The van der Waals surface area contributed by atoms with E-state index in [-0.39, 0.29) is 17.5 Å². The summed E-state index contributed by atoms with van der Waals surface area (Å²) in [6.07, 6.45) is 3.95. The van der Waals surface area contributed by atoms with Gasteiger partial charge in [-0.2, -0.15) is 5.10 Å². The Morgan fingerprint density at radius 2 is 2.00 bits per heavy atom. The maximum absolute atomic E-state index is 12.7. The second kappa shape index (κ2) is 7.00. The molecule has 3 heterocycles. The Hall–Kier alpha value is -2.15. The van der Waals surface area contributed by atoms with Crippen LogP contribution in [0.4, 0.5) is 0 Å². The number of thiophene rings is 1. The van der Waals surface area contributed by atoms with Gasteiger partial charge >= 0.3 is 5.97 Å². The monoisotopic (exact) mass is 361 g/mol. The van der Waals surface area contributed by atoms with Gasteiger partial charge in [-0.1, -0.05) is 6.92 Å². The van der Waals surface area contributed by atoms with Crippen molar-refractivity contribution in [1.82, 2.24) is 14.7 Å². The summed E-state index contributed by atoms with van der Waals surface area (Å²) >= 11 is 1.59. The zero-order valence-electron chi connectivity index (χ0n) is 14.8. The highest BCUT2D eigenvalue weighted by Crippen LogP contribution is 2.28. The first-order valence-electron chi connectivity index (χ1n) is 8.58. The Kier molecular flexibility index (Phi) is 4.94. The Balaban J connectivity index is 1.67. The molecule has 1 amide bonds. The Bertz CT molecular complexity index is 801. The van der Waals surface area contributed by atoms with Gasteiger partial charge in [0.2, 0.25) is 0 Å². The van der Waals surface area contributed by atoms with Crippen molar-refractivity contribution in [2.24, 2.45) is 0 Å². The average Bonchev–Trinajstić information content (AvgIpc) is 3.17. The first-order valence-corrected chi connectivity index (χ1v) is 9.40. The maximum Gasteiger partial charge on any atom is 0.339 e. The number of rotatable bonds is 4. The van der Waals surface area contributed by atoms with Crippen LogP contribution < -0.4 is 0 Å². The number of hydrogen-bond donors (Lipinski definition) is 1. The van der Waals surface area contributed by atoms with Gasteiger partial charge in [0.05, 0.1) is 22.8 Å². The second-order valence-corrected chi connectivity index (χ2v) is 7.62. The quantitative estimate of drug-likeness (QED) is 0.907. The van der Waals surface area contributed by atoms with Gasteiger partial charge in [0, 0.05) is 18.0 Å². The Labute approximate surface area is 151 Å². The molecule has 1 aliphatic heterocycles. The molecule has 6 nitrogen and oxygen atoms in total. The highest BCUT2D eigenvalue weighted by Gasteiger charge is 2.27. The Morgan fingerprint density at radius 3 is 2.52 bits per heavy atom. The number of carbonyl (C=O) groups excluding carboxylic acids is 1. The fraction of sp³-hybridized carbons (Fsp3) is 0.500. The first kappa shape index (κ1) is 17.7. The van der Waals surface area contributed by atoms with Crippen LogP contribution in [-0.4, -0.2) is 44.8 Å². The van der Waals surface area contributed by atoms with Crippen molar-refractivity contribution in [3.63, 3.8) is 0 Å². The predicted molar refractivity (Wildman–Crippen MR) is 96.5 cm³/mol. The number of aromatic carboxylic acids is 1. The number of piperidine rings is 1. The predicted octanol–water partition coefficient (Wildman–Crippen LogP) is 3.30. The molecule has 7 heteroatoms.